The van der Waals surface area contributed by atoms with E-state index in [0.29, 0.717) is 12.0 Å². The molecule has 2 heterocycles. The summed E-state index contributed by atoms with van der Waals surface area (Å²) in [4.78, 5) is 2.67. The van der Waals surface area contributed by atoms with Crippen LogP contribution in [0.1, 0.15) is 30.4 Å². The summed E-state index contributed by atoms with van der Waals surface area (Å²) in [6.07, 6.45) is 5.15. The van der Waals surface area contributed by atoms with E-state index >= 15 is 0 Å². The van der Waals surface area contributed by atoms with E-state index in [1.165, 1.54) is 43.6 Å². The summed E-state index contributed by atoms with van der Waals surface area (Å²) < 4.78 is 11.3. The minimum Gasteiger partial charge on any atom is -0.381 e. The first-order chi connectivity index (χ1) is 11.2. The van der Waals surface area contributed by atoms with Crippen molar-refractivity contribution in [2.75, 3.05) is 40.0 Å². The molecule has 0 saturated carbocycles. The summed E-state index contributed by atoms with van der Waals surface area (Å²) in [5.74, 6) is 1.43. The van der Waals surface area contributed by atoms with Crippen molar-refractivity contribution >= 4 is 0 Å². The van der Waals surface area contributed by atoms with Crippen LogP contribution in [0.4, 0.5) is 0 Å². The van der Waals surface area contributed by atoms with Crippen LogP contribution in [0.5, 0.6) is 0 Å². The van der Waals surface area contributed by atoms with Gasteiger partial charge in [-0.2, -0.15) is 0 Å². The van der Waals surface area contributed by atoms with Crippen molar-refractivity contribution in [3.8, 4) is 0 Å². The highest BCUT2D eigenvalue weighted by molar-refractivity contribution is 5.23. The minimum absolute atomic E-state index is 0.404. The van der Waals surface area contributed by atoms with Gasteiger partial charge >= 0.3 is 0 Å². The number of methoxy groups -OCH3 is 1. The summed E-state index contributed by atoms with van der Waals surface area (Å²) in [7, 11) is 1.88. The number of piperidine rings is 1. The van der Waals surface area contributed by atoms with E-state index in [1.54, 1.807) is 0 Å². The zero-order valence-electron chi connectivity index (χ0n) is 14.7. The highest BCUT2D eigenvalue weighted by Crippen LogP contribution is 2.26. The first-order valence-electron chi connectivity index (χ1n) is 9.13. The quantitative estimate of drug-likeness (QED) is 0.832. The van der Waals surface area contributed by atoms with E-state index in [-0.39, 0.29) is 0 Å². The van der Waals surface area contributed by atoms with Crippen molar-refractivity contribution in [1.82, 2.24) is 4.90 Å². The van der Waals surface area contributed by atoms with Crippen LogP contribution in [-0.4, -0.2) is 51.0 Å². The third-order valence-electron chi connectivity index (χ3n) is 5.49. The molecule has 0 unspecified atom stereocenters. The molecule has 0 amide bonds. The Morgan fingerprint density at radius 1 is 1.22 bits per heavy atom. The summed E-state index contributed by atoms with van der Waals surface area (Å²) in [6, 6.07) is 8.94. The molecule has 0 aromatic heterocycles. The highest BCUT2D eigenvalue weighted by Gasteiger charge is 2.30. The fraction of sp³-hybridized carbons (Fsp3) is 0.700. The monoisotopic (exact) mass is 317 g/mol. The van der Waals surface area contributed by atoms with Gasteiger partial charge in [-0.05, 0) is 44.1 Å². The van der Waals surface area contributed by atoms with Crippen LogP contribution >= 0.6 is 0 Å². The first-order valence-corrected chi connectivity index (χ1v) is 9.13. The molecule has 0 N–H and O–H groups in total. The predicted octanol–water partition coefficient (Wildman–Crippen LogP) is 3.30. The number of rotatable bonds is 5. The molecule has 2 fully saturated rings. The fourth-order valence-corrected chi connectivity index (χ4v) is 4.19. The number of ether oxygens (including phenoxy) is 2. The van der Waals surface area contributed by atoms with Crippen molar-refractivity contribution in [2.24, 2.45) is 11.8 Å². The van der Waals surface area contributed by atoms with Gasteiger partial charge in [0.1, 0.15) is 0 Å². The smallest absolute Gasteiger partial charge is 0.0627 e. The lowest BCUT2D eigenvalue weighted by Gasteiger charge is -2.40. The van der Waals surface area contributed by atoms with Gasteiger partial charge in [-0.15, -0.1) is 0 Å². The molecule has 3 heteroatoms. The van der Waals surface area contributed by atoms with E-state index in [2.05, 4.69) is 36.1 Å². The van der Waals surface area contributed by atoms with Gasteiger partial charge in [0.05, 0.1) is 6.10 Å². The molecule has 3 rings (SSSR count). The molecule has 2 atom stereocenters. The minimum atomic E-state index is 0.404. The molecule has 3 nitrogen and oxygen atoms in total. The Balaban J connectivity index is 1.59. The lowest BCUT2D eigenvalue weighted by atomic mass is 9.87. The molecule has 0 aliphatic carbocycles. The Hall–Kier alpha value is -0.900. The van der Waals surface area contributed by atoms with Gasteiger partial charge in [-0.25, -0.2) is 0 Å². The molecule has 23 heavy (non-hydrogen) atoms. The number of benzene rings is 1. The number of likely N-dealkylation sites (tertiary alicyclic amines) is 1. The molecule has 2 saturated heterocycles. The number of nitrogens with zero attached hydrogens (tertiary/aromatic N) is 1. The van der Waals surface area contributed by atoms with Gasteiger partial charge in [-0.1, -0.05) is 29.8 Å². The standard InChI is InChI=1S/C20H31NO2/c1-16-4-3-5-18(12-16)13-19-15-21(9-6-20(19)22-2)14-17-7-10-23-11-8-17/h3-5,12,17,19-20H,6-11,13-15H2,1-2H3/t19-,20-/m0/s1. The molecule has 2 aliphatic rings. The van der Waals surface area contributed by atoms with Gasteiger partial charge in [0.25, 0.3) is 0 Å². The summed E-state index contributed by atoms with van der Waals surface area (Å²) in [5.41, 5.74) is 2.80. The molecule has 128 valence electrons. The largest absolute Gasteiger partial charge is 0.381 e. The Bertz CT molecular complexity index is 484. The summed E-state index contributed by atoms with van der Waals surface area (Å²) >= 11 is 0. The van der Waals surface area contributed by atoms with E-state index in [4.69, 9.17) is 9.47 Å². The fourth-order valence-electron chi connectivity index (χ4n) is 4.19. The Morgan fingerprint density at radius 2 is 2.04 bits per heavy atom. The first kappa shape index (κ1) is 16.9. The van der Waals surface area contributed by atoms with Crippen molar-refractivity contribution in [3.63, 3.8) is 0 Å². The van der Waals surface area contributed by atoms with Crippen molar-refractivity contribution in [1.29, 1.82) is 0 Å². The second-order valence-electron chi connectivity index (χ2n) is 7.33. The van der Waals surface area contributed by atoms with E-state index in [9.17, 15) is 0 Å². The van der Waals surface area contributed by atoms with Crippen LogP contribution in [-0.2, 0) is 15.9 Å². The molecule has 1 aromatic rings. The Morgan fingerprint density at radius 3 is 2.78 bits per heavy atom. The van der Waals surface area contributed by atoms with Crippen LogP contribution in [0.3, 0.4) is 0 Å². The lowest BCUT2D eigenvalue weighted by Crippen LogP contribution is -2.46. The lowest BCUT2D eigenvalue weighted by molar-refractivity contribution is -0.0175. The number of hydrogen-bond acceptors (Lipinski definition) is 3. The predicted molar refractivity (Wildman–Crippen MR) is 93.8 cm³/mol. The molecule has 0 bridgehead atoms. The van der Waals surface area contributed by atoms with Gasteiger partial charge in [-0.3, -0.25) is 0 Å². The maximum atomic E-state index is 5.80. The summed E-state index contributed by atoms with van der Waals surface area (Å²) in [6.45, 7) is 7.67. The highest BCUT2D eigenvalue weighted by atomic mass is 16.5. The number of hydrogen-bond donors (Lipinski definition) is 0. The Kier molecular flexibility index (Phi) is 6.09. The molecule has 0 spiro atoms. The second-order valence-corrected chi connectivity index (χ2v) is 7.33. The van der Waals surface area contributed by atoms with Crippen LogP contribution in [0, 0.1) is 18.8 Å². The van der Waals surface area contributed by atoms with Crippen LogP contribution in [0.2, 0.25) is 0 Å². The zero-order chi connectivity index (χ0) is 16.1. The van der Waals surface area contributed by atoms with Crippen molar-refractivity contribution < 1.29 is 9.47 Å². The van der Waals surface area contributed by atoms with Gasteiger partial charge < -0.3 is 14.4 Å². The SMILES string of the molecule is CO[C@H]1CCN(CC2CCOCC2)C[C@@H]1Cc1cccc(C)c1. The maximum absolute atomic E-state index is 5.80. The summed E-state index contributed by atoms with van der Waals surface area (Å²) in [5, 5.41) is 0. The van der Waals surface area contributed by atoms with E-state index < -0.39 is 0 Å². The molecule has 2 aliphatic heterocycles. The third kappa shape index (κ3) is 4.79. The topological polar surface area (TPSA) is 21.7 Å². The Labute approximate surface area is 141 Å². The molecule has 1 aromatic carbocycles. The van der Waals surface area contributed by atoms with Gasteiger partial charge in [0.2, 0.25) is 0 Å². The average molecular weight is 317 g/mol. The third-order valence-corrected chi connectivity index (χ3v) is 5.49. The maximum Gasteiger partial charge on any atom is 0.0627 e. The van der Waals surface area contributed by atoms with Crippen LogP contribution < -0.4 is 0 Å². The van der Waals surface area contributed by atoms with Gasteiger partial charge in [0.15, 0.2) is 0 Å². The van der Waals surface area contributed by atoms with Gasteiger partial charge in [0, 0.05) is 45.9 Å². The molecular weight excluding hydrogens is 286 g/mol. The molecular formula is C20H31NO2. The van der Waals surface area contributed by atoms with Crippen molar-refractivity contribution in [3.05, 3.63) is 35.4 Å². The van der Waals surface area contributed by atoms with Crippen LogP contribution in [0.15, 0.2) is 24.3 Å². The zero-order valence-corrected chi connectivity index (χ0v) is 14.7. The molecule has 0 radical (unpaired) electrons. The normalized spacial score (nSPS) is 27.2. The average Bonchev–Trinajstić information content (AvgIpc) is 2.56. The second kappa shape index (κ2) is 8.27. The van der Waals surface area contributed by atoms with E-state index in [1.807, 2.05) is 7.11 Å². The van der Waals surface area contributed by atoms with Crippen LogP contribution in [0.25, 0.3) is 0 Å². The van der Waals surface area contributed by atoms with Crippen molar-refractivity contribution in [2.45, 2.75) is 38.7 Å². The van der Waals surface area contributed by atoms with E-state index in [0.717, 1.165) is 32.0 Å². The number of aryl methyl sites for hydroxylation is 1.